The van der Waals surface area contributed by atoms with Crippen LogP contribution in [0.15, 0.2) is 6.20 Å². The van der Waals surface area contributed by atoms with Crippen LogP contribution in [0.25, 0.3) is 11.2 Å². The molecule has 0 aromatic carbocycles. The van der Waals surface area contributed by atoms with E-state index < -0.39 is 0 Å². The maximum atomic E-state index is 4.89. The minimum atomic E-state index is 0.577. The highest BCUT2D eigenvalue weighted by Crippen LogP contribution is 2.27. The van der Waals surface area contributed by atoms with E-state index in [1.807, 2.05) is 27.0 Å². The summed E-state index contributed by atoms with van der Waals surface area (Å²) in [4.78, 5) is 12.4. The van der Waals surface area contributed by atoms with Gasteiger partial charge in [-0.25, -0.2) is 9.97 Å². The SMILES string of the molecule is CC.CCc1c(CCC(C)CC)n(CCN2C(C)CNCC2C)c2ncc(C)nc12. The van der Waals surface area contributed by atoms with Gasteiger partial charge in [0.15, 0.2) is 5.65 Å². The monoisotopic (exact) mass is 415 g/mol. The van der Waals surface area contributed by atoms with Crippen LogP contribution in [0.1, 0.15) is 78.3 Å². The zero-order valence-corrected chi connectivity index (χ0v) is 20.8. The van der Waals surface area contributed by atoms with E-state index in [9.17, 15) is 0 Å². The number of nitrogens with one attached hydrogen (secondary N) is 1. The lowest BCUT2D eigenvalue weighted by molar-refractivity contribution is 0.112. The Kier molecular flexibility index (Phi) is 9.76. The molecule has 5 heteroatoms. The summed E-state index contributed by atoms with van der Waals surface area (Å²) < 4.78 is 2.49. The fraction of sp³-hybridized carbons (Fsp3) is 0.760. The van der Waals surface area contributed by atoms with Gasteiger partial charge in [0.05, 0.1) is 11.9 Å². The first kappa shape index (κ1) is 24.8. The topological polar surface area (TPSA) is 46.0 Å². The van der Waals surface area contributed by atoms with Crippen LogP contribution in [0.2, 0.25) is 0 Å². The molecule has 2 aromatic rings. The van der Waals surface area contributed by atoms with Gasteiger partial charge in [0.25, 0.3) is 0 Å². The van der Waals surface area contributed by atoms with E-state index in [0.29, 0.717) is 12.1 Å². The highest BCUT2D eigenvalue weighted by atomic mass is 15.3. The van der Waals surface area contributed by atoms with Crippen molar-refractivity contribution in [2.24, 2.45) is 5.92 Å². The quantitative estimate of drug-likeness (QED) is 0.660. The Balaban J connectivity index is 0.00000155. The summed E-state index contributed by atoms with van der Waals surface area (Å²) in [7, 11) is 0. The summed E-state index contributed by atoms with van der Waals surface area (Å²) in [6.45, 7) is 21.9. The minimum absolute atomic E-state index is 0.577. The number of aryl methyl sites for hydroxylation is 2. The molecule has 1 fully saturated rings. The average Bonchev–Trinajstić information content (AvgIpc) is 3.04. The molecule has 1 aliphatic heterocycles. The van der Waals surface area contributed by atoms with Gasteiger partial charge in [-0.05, 0) is 46.0 Å². The first-order valence-corrected chi connectivity index (χ1v) is 12.3. The Bertz CT molecular complexity index is 771. The zero-order valence-electron chi connectivity index (χ0n) is 20.8. The molecule has 2 aromatic heterocycles. The Labute approximate surface area is 184 Å². The molecule has 30 heavy (non-hydrogen) atoms. The Morgan fingerprint density at radius 2 is 1.80 bits per heavy atom. The lowest BCUT2D eigenvalue weighted by Crippen LogP contribution is -2.55. The smallest absolute Gasteiger partial charge is 0.159 e. The predicted molar refractivity (Wildman–Crippen MR) is 129 cm³/mol. The van der Waals surface area contributed by atoms with Crippen LogP contribution in [0.5, 0.6) is 0 Å². The van der Waals surface area contributed by atoms with Crippen molar-refractivity contribution >= 4 is 11.2 Å². The second-order valence-electron chi connectivity index (χ2n) is 8.76. The average molecular weight is 416 g/mol. The maximum Gasteiger partial charge on any atom is 0.159 e. The van der Waals surface area contributed by atoms with Crippen molar-refractivity contribution in [1.82, 2.24) is 24.8 Å². The minimum Gasteiger partial charge on any atom is -0.327 e. The van der Waals surface area contributed by atoms with Crippen molar-refractivity contribution in [3.8, 4) is 0 Å². The van der Waals surface area contributed by atoms with Gasteiger partial charge in [-0.2, -0.15) is 0 Å². The van der Waals surface area contributed by atoms with Gasteiger partial charge in [-0.3, -0.25) is 4.90 Å². The number of aromatic nitrogens is 3. The van der Waals surface area contributed by atoms with Crippen molar-refractivity contribution in [2.45, 2.75) is 99.7 Å². The van der Waals surface area contributed by atoms with Crippen LogP contribution >= 0.6 is 0 Å². The third kappa shape index (κ3) is 5.61. The molecule has 0 saturated carbocycles. The molecule has 3 atom stereocenters. The molecule has 1 aliphatic rings. The summed E-state index contributed by atoms with van der Waals surface area (Å²) in [6.07, 6.45) is 6.55. The van der Waals surface area contributed by atoms with Crippen LogP contribution in [0.4, 0.5) is 0 Å². The van der Waals surface area contributed by atoms with Gasteiger partial charge < -0.3 is 9.88 Å². The molecule has 1 N–H and O–H groups in total. The summed E-state index contributed by atoms with van der Waals surface area (Å²) in [5, 5.41) is 3.54. The number of piperazine rings is 1. The van der Waals surface area contributed by atoms with Crippen molar-refractivity contribution < 1.29 is 0 Å². The zero-order chi connectivity index (χ0) is 22.3. The molecule has 3 heterocycles. The summed E-state index contributed by atoms with van der Waals surface area (Å²) in [6, 6.07) is 1.15. The van der Waals surface area contributed by atoms with Crippen molar-refractivity contribution in [2.75, 3.05) is 19.6 Å². The molecule has 0 radical (unpaired) electrons. The normalized spacial score (nSPS) is 20.8. The van der Waals surface area contributed by atoms with E-state index in [4.69, 9.17) is 9.97 Å². The lowest BCUT2D eigenvalue weighted by Gasteiger charge is -2.39. The second kappa shape index (κ2) is 11.8. The third-order valence-corrected chi connectivity index (χ3v) is 6.61. The molecule has 3 rings (SSSR count). The Morgan fingerprint density at radius 3 is 2.40 bits per heavy atom. The van der Waals surface area contributed by atoms with Gasteiger partial charge in [-0.15, -0.1) is 0 Å². The van der Waals surface area contributed by atoms with Gasteiger partial charge in [0.2, 0.25) is 0 Å². The first-order valence-electron chi connectivity index (χ1n) is 12.3. The molecule has 170 valence electrons. The number of hydrogen-bond donors (Lipinski definition) is 1. The van der Waals surface area contributed by atoms with Crippen LogP contribution < -0.4 is 5.32 Å². The lowest BCUT2D eigenvalue weighted by atomic mass is 9.99. The predicted octanol–water partition coefficient (Wildman–Crippen LogP) is 4.99. The van der Waals surface area contributed by atoms with E-state index >= 15 is 0 Å². The molecule has 0 bridgehead atoms. The maximum absolute atomic E-state index is 4.89. The van der Waals surface area contributed by atoms with E-state index in [1.165, 1.54) is 24.1 Å². The van der Waals surface area contributed by atoms with Gasteiger partial charge in [0, 0.05) is 49.5 Å². The molecule has 1 saturated heterocycles. The highest BCUT2D eigenvalue weighted by molar-refractivity contribution is 5.78. The Morgan fingerprint density at radius 1 is 1.13 bits per heavy atom. The van der Waals surface area contributed by atoms with Crippen molar-refractivity contribution in [1.29, 1.82) is 0 Å². The fourth-order valence-corrected chi connectivity index (χ4v) is 4.61. The Hall–Kier alpha value is -1.46. The van der Waals surface area contributed by atoms with Crippen LogP contribution in [0.3, 0.4) is 0 Å². The van der Waals surface area contributed by atoms with Gasteiger partial charge >= 0.3 is 0 Å². The summed E-state index contributed by atoms with van der Waals surface area (Å²) in [5.41, 5.74) is 6.10. The van der Waals surface area contributed by atoms with E-state index in [-0.39, 0.29) is 0 Å². The van der Waals surface area contributed by atoms with E-state index in [0.717, 1.165) is 61.8 Å². The van der Waals surface area contributed by atoms with Gasteiger partial charge in [-0.1, -0.05) is 41.0 Å². The van der Waals surface area contributed by atoms with Crippen LogP contribution in [-0.2, 0) is 19.4 Å². The third-order valence-electron chi connectivity index (χ3n) is 6.61. The van der Waals surface area contributed by atoms with Gasteiger partial charge in [0.1, 0.15) is 5.52 Å². The molecule has 0 aliphatic carbocycles. The molecular weight excluding hydrogens is 370 g/mol. The molecular formula is C25H45N5. The van der Waals surface area contributed by atoms with E-state index in [2.05, 4.69) is 49.4 Å². The first-order chi connectivity index (χ1) is 14.5. The summed E-state index contributed by atoms with van der Waals surface area (Å²) >= 11 is 0. The fourth-order valence-electron chi connectivity index (χ4n) is 4.61. The van der Waals surface area contributed by atoms with Crippen molar-refractivity contribution in [3.05, 3.63) is 23.1 Å². The number of fused-ring (bicyclic) bond motifs is 1. The second-order valence-corrected chi connectivity index (χ2v) is 8.76. The van der Waals surface area contributed by atoms with Crippen LogP contribution in [0, 0.1) is 12.8 Å². The number of hydrogen-bond acceptors (Lipinski definition) is 4. The number of nitrogens with zero attached hydrogens (tertiary/aromatic N) is 4. The molecule has 5 nitrogen and oxygen atoms in total. The molecule has 0 amide bonds. The molecule has 0 spiro atoms. The largest absolute Gasteiger partial charge is 0.327 e. The standard InChI is InChI=1S/C23H39N5.C2H6/c1-7-16(3)9-10-21-20(8-2)22-23(25-13-17(4)26-22)28(21)12-11-27-18(5)14-24-15-19(27)6;1-2/h13,16,18-19,24H,7-12,14-15H2,1-6H3;1-2H3. The highest BCUT2D eigenvalue weighted by Gasteiger charge is 2.25. The van der Waals surface area contributed by atoms with E-state index in [1.54, 1.807) is 0 Å². The number of rotatable bonds is 8. The van der Waals surface area contributed by atoms with Crippen LogP contribution in [-0.4, -0.2) is 51.2 Å². The van der Waals surface area contributed by atoms with Crippen molar-refractivity contribution in [3.63, 3.8) is 0 Å². The summed E-state index contributed by atoms with van der Waals surface area (Å²) in [5.74, 6) is 0.757. The molecule has 3 unspecified atom stereocenters.